The molecule has 0 radical (unpaired) electrons. The topological polar surface area (TPSA) is 43.8 Å². The number of hydrogen-bond acceptors (Lipinski definition) is 3. The number of rotatable bonds is 3. The van der Waals surface area contributed by atoms with Gasteiger partial charge in [0, 0.05) is 37.2 Å². The molecule has 1 saturated heterocycles. The molecule has 0 unspecified atom stereocenters. The van der Waals surface area contributed by atoms with E-state index >= 15 is 0 Å². The van der Waals surface area contributed by atoms with E-state index in [1.807, 2.05) is 4.90 Å². The number of piperazine rings is 1. The van der Waals surface area contributed by atoms with Gasteiger partial charge in [0.15, 0.2) is 0 Å². The van der Waals surface area contributed by atoms with Gasteiger partial charge in [0.2, 0.25) is 0 Å². The van der Waals surface area contributed by atoms with Crippen molar-refractivity contribution in [2.24, 2.45) is 5.92 Å². The van der Waals surface area contributed by atoms with Gasteiger partial charge in [-0.05, 0) is 24.1 Å². The van der Waals surface area contributed by atoms with Crippen molar-refractivity contribution in [3.05, 3.63) is 28.2 Å². The zero-order chi connectivity index (χ0) is 14.7. The highest BCUT2D eigenvalue weighted by Gasteiger charge is 2.24. The highest BCUT2D eigenvalue weighted by Crippen LogP contribution is 2.23. The molecule has 1 aromatic carbocycles. The van der Waals surface area contributed by atoms with E-state index in [1.54, 1.807) is 18.2 Å². The predicted octanol–water partition coefficient (Wildman–Crippen LogP) is 2.57. The van der Waals surface area contributed by atoms with Gasteiger partial charge in [-0.25, -0.2) is 0 Å². The minimum Gasteiger partial charge on any atom is -0.507 e. The quantitative estimate of drug-likeness (QED) is 0.919. The zero-order valence-electron chi connectivity index (χ0n) is 12.0. The molecule has 1 amide bonds. The molecule has 1 fully saturated rings. The predicted molar refractivity (Wildman–Crippen MR) is 83.0 cm³/mol. The fraction of sp³-hybridized carbons (Fsp3) is 0.533. The van der Waals surface area contributed by atoms with Gasteiger partial charge >= 0.3 is 0 Å². The summed E-state index contributed by atoms with van der Waals surface area (Å²) in [5.41, 5.74) is 0.372. The maximum absolute atomic E-state index is 12.4. The summed E-state index contributed by atoms with van der Waals surface area (Å²) in [4.78, 5) is 16.6. The molecule has 20 heavy (non-hydrogen) atoms. The second-order valence-corrected chi connectivity index (χ2v) is 6.56. The molecule has 1 aliphatic heterocycles. The molecule has 4 nitrogen and oxygen atoms in total. The van der Waals surface area contributed by atoms with Crippen molar-refractivity contribution in [2.75, 3.05) is 32.7 Å². The van der Waals surface area contributed by atoms with Crippen molar-refractivity contribution in [1.82, 2.24) is 9.80 Å². The van der Waals surface area contributed by atoms with Crippen LogP contribution in [0.5, 0.6) is 5.75 Å². The molecule has 0 bridgehead atoms. The fourth-order valence-electron chi connectivity index (χ4n) is 2.50. The zero-order valence-corrected chi connectivity index (χ0v) is 13.6. The third-order valence-corrected chi connectivity index (χ3v) is 3.97. The Morgan fingerprint density at radius 2 is 1.95 bits per heavy atom. The Kier molecular flexibility index (Phi) is 5.05. The molecule has 5 heteroatoms. The van der Waals surface area contributed by atoms with Crippen molar-refractivity contribution >= 4 is 21.8 Å². The summed E-state index contributed by atoms with van der Waals surface area (Å²) in [7, 11) is 0. The van der Waals surface area contributed by atoms with E-state index in [0.29, 0.717) is 11.5 Å². The number of carbonyl (C=O) groups is 1. The van der Waals surface area contributed by atoms with Crippen molar-refractivity contribution in [1.29, 1.82) is 0 Å². The van der Waals surface area contributed by atoms with E-state index in [4.69, 9.17) is 0 Å². The van der Waals surface area contributed by atoms with Gasteiger partial charge in [-0.3, -0.25) is 9.69 Å². The average Bonchev–Trinajstić information content (AvgIpc) is 2.41. The first-order chi connectivity index (χ1) is 9.47. The largest absolute Gasteiger partial charge is 0.507 e. The standard InChI is InChI=1S/C15H21BrN2O2/c1-11(2)10-17-5-7-18(8-6-17)15(20)13-9-12(16)3-4-14(13)19/h3-4,9,11,19H,5-8,10H2,1-2H3. The van der Waals surface area contributed by atoms with Gasteiger partial charge in [0.25, 0.3) is 5.91 Å². The van der Waals surface area contributed by atoms with Crippen LogP contribution in [-0.2, 0) is 0 Å². The molecule has 0 saturated carbocycles. The van der Waals surface area contributed by atoms with Crippen molar-refractivity contribution in [3.8, 4) is 5.75 Å². The first-order valence-electron chi connectivity index (χ1n) is 6.97. The summed E-state index contributed by atoms with van der Waals surface area (Å²) in [5.74, 6) is 0.599. The second kappa shape index (κ2) is 6.59. The van der Waals surface area contributed by atoms with Crippen LogP contribution in [0.3, 0.4) is 0 Å². The molecule has 0 spiro atoms. The van der Waals surface area contributed by atoms with E-state index < -0.39 is 0 Å². The van der Waals surface area contributed by atoms with Gasteiger partial charge in [-0.1, -0.05) is 29.8 Å². The Labute approximate surface area is 128 Å². The Balaban J connectivity index is 2.00. The molecule has 1 aromatic rings. The van der Waals surface area contributed by atoms with Crippen LogP contribution in [0.15, 0.2) is 22.7 Å². The van der Waals surface area contributed by atoms with Gasteiger partial charge in [0.1, 0.15) is 5.75 Å². The highest BCUT2D eigenvalue weighted by molar-refractivity contribution is 9.10. The number of carbonyl (C=O) groups excluding carboxylic acids is 1. The summed E-state index contributed by atoms with van der Waals surface area (Å²) in [6.07, 6.45) is 0. The van der Waals surface area contributed by atoms with E-state index in [2.05, 4.69) is 34.7 Å². The molecule has 0 aromatic heterocycles. The lowest BCUT2D eigenvalue weighted by Crippen LogP contribution is -2.49. The number of phenolic OH excluding ortho intramolecular Hbond substituents is 1. The Hall–Kier alpha value is -1.07. The SMILES string of the molecule is CC(C)CN1CCN(C(=O)c2cc(Br)ccc2O)CC1. The maximum atomic E-state index is 12.4. The van der Waals surface area contributed by atoms with Crippen molar-refractivity contribution in [3.63, 3.8) is 0 Å². The summed E-state index contributed by atoms with van der Waals surface area (Å²) < 4.78 is 0.803. The normalized spacial score (nSPS) is 16.7. The number of benzene rings is 1. The molecule has 1 heterocycles. The third-order valence-electron chi connectivity index (χ3n) is 3.47. The van der Waals surface area contributed by atoms with E-state index in [0.717, 1.165) is 37.2 Å². The summed E-state index contributed by atoms with van der Waals surface area (Å²) in [5, 5.41) is 9.83. The first-order valence-corrected chi connectivity index (χ1v) is 7.77. The molecule has 1 aliphatic rings. The van der Waals surface area contributed by atoms with Crippen LogP contribution in [0, 0.1) is 5.92 Å². The Morgan fingerprint density at radius 3 is 2.55 bits per heavy atom. The maximum Gasteiger partial charge on any atom is 0.257 e. The third kappa shape index (κ3) is 3.73. The number of amides is 1. The van der Waals surface area contributed by atoms with Gasteiger partial charge in [0.05, 0.1) is 5.56 Å². The average molecular weight is 341 g/mol. The number of phenols is 1. The number of halogens is 1. The van der Waals surface area contributed by atoms with Crippen LogP contribution in [0.4, 0.5) is 0 Å². The summed E-state index contributed by atoms with van der Waals surface area (Å²) in [6.45, 7) is 8.73. The molecule has 0 aliphatic carbocycles. The Morgan fingerprint density at radius 1 is 1.30 bits per heavy atom. The van der Waals surface area contributed by atoms with Gasteiger partial charge in [-0.15, -0.1) is 0 Å². The van der Waals surface area contributed by atoms with Crippen molar-refractivity contribution < 1.29 is 9.90 Å². The molecule has 0 atom stereocenters. The van der Waals surface area contributed by atoms with Crippen LogP contribution in [0.2, 0.25) is 0 Å². The van der Waals surface area contributed by atoms with E-state index in [9.17, 15) is 9.90 Å². The van der Waals surface area contributed by atoms with E-state index in [1.165, 1.54) is 0 Å². The minimum absolute atomic E-state index is 0.0443. The first kappa shape index (κ1) is 15.3. The van der Waals surface area contributed by atoms with E-state index in [-0.39, 0.29) is 11.7 Å². The lowest BCUT2D eigenvalue weighted by Gasteiger charge is -2.35. The van der Waals surface area contributed by atoms with Crippen LogP contribution in [0.25, 0.3) is 0 Å². The molecule has 110 valence electrons. The number of aromatic hydroxyl groups is 1. The highest BCUT2D eigenvalue weighted by atomic mass is 79.9. The monoisotopic (exact) mass is 340 g/mol. The van der Waals surface area contributed by atoms with Crippen LogP contribution in [-0.4, -0.2) is 53.5 Å². The number of nitrogens with zero attached hydrogens (tertiary/aromatic N) is 2. The summed E-state index contributed by atoms with van der Waals surface area (Å²) >= 11 is 3.34. The van der Waals surface area contributed by atoms with Crippen LogP contribution in [0.1, 0.15) is 24.2 Å². The fourth-order valence-corrected chi connectivity index (χ4v) is 2.86. The molecular weight excluding hydrogens is 320 g/mol. The minimum atomic E-state index is -0.0898. The lowest BCUT2D eigenvalue weighted by molar-refractivity contribution is 0.0621. The van der Waals surface area contributed by atoms with Crippen LogP contribution < -0.4 is 0 Å². The number of hydrogen-bond donors (Lipinski definition) is 1. The van der Waals surface area contributed by atoms with Crippen molar-refractivity contribution in [2.45, 2.75) is 13.8 Å². The van der Waals surface area contributed by atoms with Gasteiger partial charge in [-0.2, -0.15) is 0 Å². The van der Waals surface area contributed by atoms with Crippen LogP contribution >= 0.6 is 15.9 Å². The molecular formula is C15H21BrN2O2. The smallest absolute Gasteiger partial charge is 0.257 e. The second-order valence-electron chi connectivity index (χ2n) is 5.65. The van der Waals surface area contributed by atoms with Gasteiger partial charge < -0.3 is 10.0 Å². The molecule has 1 N–H and O–H groups in total. The summed E-state index contributed by atoms with van der Waals surface area (Å²) in [6, 6.07) is 4.96. The Bertz CT molecular complexity index is 483. The molecule has 2 rings (SSSR count). The lowest BCUT2D eigenvalue weighted by atomic mass is 10.1.